The maximum Gasteiger partial charge on any atom is 0.251 e. The predicted octanol–water partition coefficient (Wildman–Crippen LogP) is 1.22. The van der Waals surface area contributed by atoms with Crippen LogP contribution in [0.2, 0.25) is 0 Å². The Balaban J connectivity index is 1.36. The summed E-state index contributed by atoms with van der Waals surface area (Å²) in [6.45, 7) is 1.25. The second-order valence-corrected chi connectivity index (χ2v) is 7.29. The van der Waals surface area contributed by atoms with Crippen molar-refractivity contribution < 1.29 is 19.1 Å². The van der Waals surface area contributed by atoms with E-state index in [9.17, 15) is 14.4 Å². The first-order valence-corrected chi connectivity index (χ1v) is 9.47. The Morgan fingerprint density at radius 3 is 2.67 bits per heavy atom. The highest BCUT2D eigenvalue weighted by Gasteiger charge is 2.46. The lowest BCUT2D eigenvalue weighted by molar-refractivity contribution is -0.136. The van der Waals surface area contributed by atoms with Crippen LogP contribution >= 0.6 is 0 Å². The smallest absolute Gasteiger partial charge is 0.251 e. The van der Waals surface area contributed by atoms with Gasteiger partial charge in [-0.15, -0.1) is 0 Å². The molecule has 2 saturated heterocycles. The van der Waals surface area contributed by atoms with E-state index < -0.39 is 0 Å². The molecule has 1 aromatic rings. The molecule has 27 heavy (non-hydrogen) atoms. The van der Waals surface area contributed by atoms with E-state index in [1.54, 1.807) is 17.0 Å². The van der Waals surface area contributed by atoms with Crippen molar-refractivity contribution in [3.8, 4) is 0 Å². The number of carbonyl (C=O) groups is 3. The zero-order chi connectivity index (χ0) is 19.4. The minimum atomic E-state index is -0.373. The summed E-state index contributed by atoms with van der Waals surface area (Å²) >= 11 is 0. The van der Waals surface area contributed by atoms with Gasteiger partial charge in [0.1, 0.15) is 12.6 Å². The Labute approximate surface area is 159 Å². The molecule has 2 aliphatic heterocycles. The predicted molar refractivity (Wildman–Crippen MR) is 102 cm³/mol. The average Bonchev–Trinajstić information content (AvgIpc) is 3.24. The molecule has 0 bridgehead atoms. The average molecular weight is 373 g/mol. The number of unbranched alkanes of at least 4 members (excludes halogenated alkanes) is 1. The molecule has 2 fully saturated rings. The molecular weight excluding hydrogens is 346 g/mol. The summed E-state index contributed by atoms with van der Waals surface area (Å²) in [5, 5.41) is 2.88. The third-order valence-electron chi connectivity index (χ3n) is 5.18. The van der Waals surface area contributed by atoms with Gasteiger partial charge < -0.3 is 19.9 Å². The molecule has 2 unspecified atom stereocenters. The number of fused-ring (bicyclic) bond motifs is 1. The molecule has 7 heteroatoms. The first-order valence-electron chi connectivity index (χ1n) is 9.47. The van der Waals surface area contributed by atoms with E-state index in [-0.39, 0.29) is 36.4 Å². The summed E-state index contributed by atoms with van der Waals surface area (Å²) in [5.41, 5.74) is 1.67. The van der Waals surface area contributed by atoms with Crippen LogP contribution in [0.25, 0.3) is 0 Å². The molecule has 0 radical (unpaired) electrons. The van der Waals surface area contributed by atoms with Crippen LogP contribution in [0, 0.1) is 0 Å². The summed E-state index contributed by atoms with van der Waals surface area (Å²) in [6, 6.07) is 7.05. The van der Waals surface area contributed by atoms with Crippen molar-refractivity contribution in [1.82, 2.24) is 10.2 Å². The van der Waals surface area contributed by atoms with Crippen LogP contribution in [-0.4, -0.2) is 68.4 Å². The number of hydrogen-bond acceptors (Lipinski definition) is 5. The molecule has 2 heterocycles. The second-order valence-electron chi connectivity index (χ2n) is 7.29. The molecule has 3 rings (SSSR count). The molecule has 1 N–H and O–H groups in total. The Morgan fingerprint density at radius 2 is 1.96 bits per heavy atom. The van der Waals surface area contributed by atoms with Crippen LogP contribution < -0.4 is 10.2 Å². The molecule has 146 valence electrons. The number of ether oxygens (including phenoxy) is 1. The van der Waals surface area contributed by atoms with Crippen LogP contribution in [0.3, 0.4) is 0 Å². The van der Waals surface area contributed by atoms with Crippen molar-refractivity contribution in [1.29, 1.82) is 0 Å². The summed E-state index contributed by atoms with van der Waals surface area (Å²) in [6.07, 6.45) is 2.43. The van der Waals surface area contributed by atoms with Gasteiger partial charge >= 0.3 is 0 Å². The molecule has 0 aliphatic carbocycles. The number of rotatable bonds is 7. The van der Waals surface area contributed by atoms with Crippen molar-refractivity contribution in [2.75, 3.05) is 38.7 Å². The van der Waals surface area contributed by atoms with Crippen molar-refractivity contribution >= 4 is 23.3 Å². The Bertz CT molecular complexity index is 702. The topological polar surface area (TPSA) is 79.0 Å². The first-order chi connectivity index (χ1) is 13.0. The molecule has 7 nitrogen and oxygen atoms in total. The maximum atomic E-state index is 12.4. The van der Waals surface area contributed by atoms with Gasteiger partial charge in [0.05, 0.1) is 6.10 Å². The van der Waals surface area contributed by atoms with Gasteiger partial charge in [-0.2, -0.15) is 0 Å². The highest BCUT2D eigenvalue weighted by Crippen LogP contribution is 2.27. The first kappa shape index (κ1) is 19.4. The second kappa shape index (κ2) is 8.52. The summed E-state index contributed by atoms with van der Waals surface area (Å²) in [4.78, 5) is 40.0. The fraction of sp³-hybridized carbons (Fsp3) is 0.550. The van der Waals surface area contributed by atoms with Gasteiger partial charge in [0, 0.05) is 44.9 Å². The summed E-state index contributed by atoms with van der Waals surface area (Å²) < 4.78 is 5.41. The fourth-order valence-electron chi connectivity index (χ4n) is 3.63. The molecule has 0 aromatic heterocycles. The van der Waals surface area contributed by atoms with Crippen LogP contribution in [0.1, 0.15) is 36.0 Å². The van der Waals surface area contributed by atoms with Gasteiger partial charge in [-0.1, -0.05) is 0 Å². The molecule has 2 atom stereocenters. The normalized spacial score (nSPS) is 21.3. The minimum absolute atomic E-state index is 0.00644. The van der Waals surface area contributed by atoms with Gasteiger partial charge in [0.2, 0.25) is 5.91 Å². The number of anilines is 1. The van der Waals surface area contributed by atoms with E-state index in [4.69, 9.17) is 4.74 Å². The molecule has 1 aromatic carbocycles. The van der Waals surface area contributed by atoms with Crippen molar-refractivity contribution in [2.45, 2.75) is 37.8 Å². The van der Waals surface area contributed by atoms with Gasteiger partial charge in [0.15, 0.2) is 5.78 Å². The number of hydrogen-bond donors (Lipinski definition) is 1. The number of benzene rings is 1. The number of ketones is 1. The van der Waals surface area contributed by atoms with Gasteiger partial charge in [0.25, 0.3) is 5.91 Å². The van der Waals surface area contributed by atoms with E-state index in [2.05, 4.69) is 5.32 Å². The Hall–Kier alpha value is -2.41. The van der Waals surface area contributed by atoms with Crippen LogP contribution in [0.4, 0.5) is 5.69 Å². The van der Waals surface area contributed by atoms with E-state index >= 15 is 0 Å². The number of likely N-dealkylation sites (tertiary alicyclic amines) is 1. The van der Waals surface area contributed by atoms with Crippen LogP contribution in [0.15, 0.2) is 24.3 Å². The number of amides is 2. The number of carbonyl (C=O) groups excluding carboxylic acids is 3. The standard InChI is InChI=1S/C20H27N3O4/c1-22(2)15-8-6-14(7-9-15)20(26)21-11-4-3-5-18(25)23-12-10-17-19(23)16(24)13-27-17/h6-9,17,19H,3-5,10-13H2,1-2H3,(H,21,26). The zero-order valence-electron chi connectivity index (χ0n) is 15.9. The lowest BCUT2D eigenvalue weighted by Gasteiger charge is -2.21. The maximum absolute atomic E-state index is 12.4. The molecule has 0 saturated carbocycles. The van der Waals surface area contributed by atoms with Crippen LogP contribution in [-0.2, 0) is 14.3 Å². The lowest BCUT2D eigenvalue weighted by atomic mass is 10.1. The largest absolute Gasteiger partial charge is 0.378 e. The quantitative estimate of drug-likeness (QED) is 0.727. The summed E-state index contributed by atoms with van der Waals surface area (Å²) in [7, 11) is 3.91. The Morgan fingerprint density at radius 1 is 1.22 bits per heavy atom. The minimum Gasteiger partial charge on any atom is -0.378 e. The van der Waals surface area contributed by atoms with E-state index in [1.165, 1.54) is 0 Å². The van der Waals surface area contributed by atoms with E-state index in [1.807, 2.05) is 31.1 Å². The SMILES string of the molecule is CN(C)c1ccc(C(=O)NCCCCC(=O)N2CCC3OCC(=O)C32)cc1. The fourth-order valence-corrected chi connectivity index (χ4v) is 3.63. The van der Waals surface area contributed by atoms with Crippen molar-refractivity contribution in [3.63, 3.8) is 0 Å². The number of Topliss-reactive ketones (excluding diaryl/α,β-unsaturated/α-hetero) is 1. The molecule has 2 amide bonds. The monoisotopic (exact) mass is 373 g/mol. The van der Waals surface area contributed by atoms with Gasteiger partial charge in [-0.3, -0.25) is 14.4 Å². The third-order valence-corrected chi connectivity index (χ3v) is 5.18. The van der Waals surface area contributed by atoms with Gasteiger partial charge in [-0.05, 0) is 43.5 Å². The highest BCUT2D eigenvalue weighted by atomic mass is 16.5. The van der Waals surface area contributed by atoms with E-state index in [0.29, 0.717) is 31.5 Å². The van der Waals surface area contributed by atoms with Crippen LogP contribution in [0.5, 0.6) is 0 Å². The highest BCUT2D eigenvalue weighted by molar-refractivity contribution is 5.94. The third kappa shape index (κ3) is 4.47. The Kier molecular flexibility index (Phi) is 6.11. The molecular formula is C20H27N3O4. The van der Waals surface area contributed by atoms with Crippen molar-refractivity contribution in [3.05, 3.63) is 29.8 Å². The summed E-state index contributed by atoms with van der Waals surface area (Å²) in [5.74, 6) is -0.0898. The lowest BCUT2D eigenvalue weighted by Crippen LogP contribution is -2.41. The van der Waals surface area contributed by atoms with E-state index in [0.717, 1.165) is 18.5 Å². The van der Waals surface area contributed by atoms with Gasteiger partial charge in [-0.25, -0.2) is 0 Å². The number of nitrogens with zero attached hydrogens (tertiary/aromatic N) is 2. The number of nitrogens with one attached hydrogen (secondary N) is 1. The molecule has 2 aliphatic rings. The zero-order valence-corrected chi connectivity index (χ0v) is 15.9. The molecule has 0 spiro atoms. The van der Waals surface area contributed by atoms with Crippen molar-refractivity contribution in [2.24, 2.45) is 0 Å².